The van der Waals surface area contributed by atoms with Gasteiger partial charge in [-0.3, -0.25) is 4.90 Å². The third-order valence-corrected chi connectivity index (χ3v) is 3.69. The maximum atomic E-state index is 13.2. The molecule has 1 aromatic carbocycles. The summed E-state index contributed by atoms with van der Waals surface area (Å²) >= 11 is 5.75. The van der Waals surface area contributed by atoms with Gasteiger partial charge in [-0.1, -0.05) is 11.6 Å². The highest BCUT2D eigenvalue weighted by atomic mass is 35.5. The first kappa shape index (κ1) is 12.6. The third-order valence-electron chi connectivity index (χ3n) is 3.40. The quantitative estimate of drug-likeness (QED) is 0.855. The third kappa shape index (κ3) is 2.39. The van der Waals surface area contributed by atoms with Gasteiger partial charge in [0.1, 0.15) is 11.6 Å². The van der Waals surface area contributed by atoms with Crippen molar-refractivity contribution in [2.75, 3.05) is 20.1 Å². The second-order valence-electron chi connectivity index (χ2n) is 4.62. The summed E-state index contributed by atoms with van der Waals surface area (Å²) in [5.74, 6) is -0.224. The van der Waals surface area contributed by atoms with Crippen LogP contribution in [0.25, 0.3) is 0 Å². The maximum absolute atomic E-state index is 13.2. The number of likely N-dealkylation sites (tertiary alicyclic amines) is 1. The fourth-order valence-electron chi connectivity index (χ4n) is 2.46. The van der Waals surface area contributed by atoms with E-state index in [4.69, 9.17) is 17.3 Å². The molecule has 0 bridgehead atoms. The number of hydrogen-bond donors (Lipinski definition) is 2. The number of rotatable bonds is 2. The Hall–Kier alpha value is -0.840. The van der Waals surface area contributed by atoms with Gasteiger partial charge in [-0.2, -0.15) is 0 Å². The molecule has 0 saturated carbocycles. The maximum Gasteiger partial charge on any atom is 0.145 e. The first-order valence-electron chi connectivity index (χ1n) is 5.61. The Morgan fingerprint density at radius 1 is 1.59 bits per heavy atom. The molecule has 0 spiro atoms. The molecule has 0 amide bonds. The average Bonchev–Trinajstić information content (AvgIpc) is 2.65. The predicted octanol–water partition coefficient (Wildman–Crippen LogP) is 2.14. The first-order valence-corrected chi connectivity index (χ1v) is 5.99. The van der Waals surface area contributed by atoms with Crippen LogP contribution in [-0.4, -0.2) is 30.1 Å². The zero-order valence-corrected chi connectivity index (χ0v) is 10.4. The summed E-state index contributed by atoms with van der Waals surface area (Å²) in [6.45, 7) is 1.51. The van der Waals surface area contributed by atoms with Crippen LogP contribution in [-0.2, 0) is 0 Å². The highest BCUT2D eigenvalue weighted by Crippen LogP contribution is 2.39. The van der Waals surface area contributed by atoms with Crippen molar-refractivity contribution in [1.82, 2.24) is 4.90 Å². The van der Waals surface area contributed by atoms with Crippen LogP contribution in [0.15, 0.2) is 12.1 Å². The van der Waals surface area contributed by atoms with Gasteiger partial charge >= 0.3 is 0 Å². The van der Waals surface area contributed by atoms with E-state index in [9.17, 15) is 9.50 Å². The molecule has 2 rings (SSSR count). The molecule has 1 aliphatic heterocycles. The minimum atomic E-state index is -0.594. The van der Waals surface area contributed by atoms with E-state index in [-0.39, 0.29) is 16.8 Å². The van der Waals surface area contributed by atoms with E-state index in [2.05, 4.69) is 4.90 Å². The summed E-state index contributed by atoms with van der Waals surface area (Å²) in [5.41, 5.74) is 6.33. The van der Waals surface area contributed by atoms with Crippen LogP contribution < -0.4 is 5.73 Å². The van der Waals surface area contributed by atoms with Gasteiger partial charge < -0.3 is 10.8 Å². The van der Waals surface area contributed by atoms with Crippen molar-refractivity contribution < 1.29 is 9.50 Å². The fourth-order valence-corrected chi connectivity index (χ4v) is 2.63. The van der Waals surface area contributed by atoms with Gasteiger partial charge in [-0.05, 0) is 32.0 Å². The largest absolute Gasteiger partial charge is 0.508 e. The molecule has 1 saturated heterocycles. The van der Waals surface area contributed by atoms with Crippen molar-refractivity contribution in [3.05, 3.63) is 28.5 Å². The van der Waals surface area contributed by atoms with Crippen molar-refractivity contribution >= 4 is 11.6 Å². The number of nitrogens with zero attached hydrogens (tertiary/aromatic N) is 1. The molecule has 17 heavy (non-hydrogen) atoms. The Labute approximate surface area is 105 Å². The zero-order valence-electron chi connectivity index (χ0n) is 9.66. The number of phenols is 1. The number of benzene rings is 1. The van der Waals surface area contributed by atoms with Gasteiger partial charge in [0.25, 0.3) is 0 Å². The molecule has 2 atom stereocenters. The van der Waals surface area contributed by atoms with Crippen molar-refractivity contribution in [3.8, 4) is 5.75 Å². The second kappa shape index (κ2) is 4.80. The van der Waals surface area contributed by atoms with Gasteiger partial charge in [0, 0.05) is 24.2 Å². The summed E-state index contributed by atoms with van der Waals surface area (Å²) in [6, 6.07) is 2.63. The summed E-state index contributed by atoms with van der Waals surface area (Å²) in [4.78, 5) is 2.11. The molecule has 0 aromatic heterocycles. The Morgan fingerprint density at radius 2 is 2.29 bits per heavy atom. The summed E-state index contributed by atoms with van der Waals surface area (Å²) in [5, 5.41) is 9.84. The summed E-state index contributed by atoms with van der Waals surface area (Å²) < 4.78 is 13.2. The number of halogens is 2. The van der Waals surface area contributed by atoms with E-state index in [0.29, 0.717) is 18.0 Å². The molecule has 1 aliphatic rings. The van der Waals surface area contributed by atoms with E-state index in [0.717, 1.165) is 19.0 Å². The van der Waals surface area contributed by atoms with Gasteiger partial charge in [-0.25, -0.2) is 4.39 Å². The minimum absolute atomic E-state index is 0.0404. The molecule has 2 unspecified atom stereocenters. The van der Waals surface area contributed by atoms with Crippen LogP contribution >= 0.6 is 11.6 Å². The Balaban J connectivity index is 2.31. The molecule has 3 N–H and O–H groups in total. The van der Waals surface area contributed by atoms with Crippen LogP contribution in [0, 0.1) is 11.7 Å². The lowest BCUT2D eigenvalue weighted by Crippen LogP contribution is -2.20. The van der Waals surface area contributed by atoms with Crippen LogP contribution in [0.3, 0.4) is 0 Å². The van der Waals surface area contributed by atoms with E-state index in [1.165, 1.54) is 6.07 Å². The monoisotopic (exact) mass is 258 g/mol. The Morgan fingerprint density at radius 3 is 2.88 bits per heavy atom. The van der Waals surface area contributed by atoms with Crippen molar-refractivity contribution in [2.45, 2.75) is 12.5 Å². The van der Waals surface area contributed by atoms with E-state index < -0.39 is 5.82 Å². The van der Waals surface area contributed by atoms with Crippen molar-refractivity contribution in [3.63, 3.8) is 0 Å². The van der Waals surface area contributed by atoms with Crippen LogP contribution in [0.4, 0.5) is 4.39 Å². The molecule has 1 aromatic rings. The topological polar surface area (TPSA) is 49.5 Å². The highest BCUT2D eigenvalue weighted by molar-refractivity contribution is 6.30. The van der Waals surface area contributed by atoms with E-state index >= 15 is 0 Å². The van der Waals surface area contributed by atoms with Gasteiger partial charge in [0.05, 0.1) is 5.02 Å². The lowest BCUT2D eigenvalue weighted by molar-refractivity contribution is 0.305. The first-order chi connectivity index (χ1) is 8.02. The average molecular weight is 259 g/mol. The molecule has 1 heterocycles. The van der Waals surface area contributed by atoms with Gasteiger partial charge in [0.2, 0.25) is 0 Å². The number of phenolic OH excluding ortho intramolecular Hbond substituents is 1. The standard InChI is InChI=1S/C12H16ClFN2O/c1-16-6-7(5-15)2-11(16)8-3-9(13)10(14)4-12(8)17/h3-4,7,11,17H,2,5-6,15H2,1H3. The van der Waals surface area contributed by atoms with Crippen molar-refractivity contribution in [1.29, 1.82) is 0 Å². The highest BCUT2D eigenvalue weighted by Gasteiger charge is 2.31. The van der Waals surface area contributed by atoms with Crippen LogP contribution in [0.5, 0.6) is 5.75 Å². The molecule has 0 aliphatic carbocycles. The van der Waals surface area contributed by atoms with Gasteiger partial charge in [-0.15, -0.1) is 0 Å². The van der Waals surface area contributed by atoms with E-state index in [1.54, 1.807) is 0 Å². The molecule has 3 nitrogen and oxygen atoms in total. The summed E-state index contributed by atoms with van der Waals surface area (Å²) in [7, 11) is 1.97. The van der Waals surface area contributed by atoms with E-state index in [1.807, 2.05) is 7.05 Å². The lowest BCUT2D eigenvalue weighted by Gasteiger charge is -2.20. The molecule has 0 radical (unpaired) electrons. The smallest absolute Gasteiger partial charge is 0.145 e. The normalized spacial score (nSPS) is 25.4. The Kier molecular flexibility index (Phi) is 3.56. The molecule has 94 valence electrons. The van der Waals surface area contributed by atoms with Crippen LogP contribution in [0.2, 0.25) is 5.02 Å². The van der Waals surface area contributed by atoms with Crippen LogP contribution in [0.1, 0.15) is 18.0 Å². The fraction of sp³-hybridized carbons (Fsp3) is 0.500. The lowest BCUT2D eigenvalue weighted by atomic mass is 9.99. The number of aromatic hydroxyl groups is 1. The van der Waals surface area contributed by atoms with Gasteiger partial charge in [0.15, 0.2) is 0 Å². The molecule has 1 fully saturated rings. The number of nitrogens with two attached hydrogens (primary N) is 1. The molecule has 5 heteroatoms. The number of hydrogen-bond acceptors (Lipinski definition) is 3. The minimum Gasteiger partial charge on any atom is -0.508 e. The Bertz CT molecular complexity index is 427. The predicted molar refractivity (Wildman–Crippen MR) is 65.6 cm³/mol. The van der Waals surface area contributed by atoms with Crippen molar-refractivity contribution in [2.24, 2.45) is 11.7 Å². The molecular weight excluding hydrogens is 243 g/mol. The zero-order chi connectivity index (χ0) is 12.6. The SMILES string of the molecule is CN1CC(CN)CC1c1cc(Cl)c(F)cc1O. The molecular formula is C12H16ClFN2O. The second-order valence-corrected chi connectivity index (χ2v) is 5.03. The summed E-state index contributed by atoms with van der Waals surface area (Å²) in [6.07, 6.45) is 0.864.